The molecule has 2 aromatic heterocycles. The lowest BCUT2D eigenvalue weighted by molar-refractivity contribution is -0.750. The molecule has 0 aliphatic rings. The number of hydrogen-bond donors (Lipinski definition) is 0. The van der Waals surface area contributed by atoms with Crippen molar-refractivity contribution in [2.75, 3.05) is 12.9 Å². The highest BCUT2D eigenvalue weighted by molar-refractivity contribution is 7.86. The molecule has 0 radical (unpaired) electrons. The van der Waals surface area contributed by atoms with Crippen LogP contribution in [0.4, 0.5) is 0 Å². The number of halogens is 1. The SMILES string of the molecule is COS(=O)(=O)CC[n+]1ccc(-c2ncc(Cl)cn2)cn1. The van der Waals surface area contributed by atoms with Gasteiger partial charge in [0.15, 0.2) is 18.6 Å². The van der Waals surface area contributed by atoms with Crippen LogP contribution in [0, 0.1) is 0 Å². The fourth-order valence-electron chi connectivity index (χ4n) is 1.40. The molecule has 2 rings (SSSR count). The molecule has 7 nitrogen and oxygen atoms in total. The Morgan fingerprint density at radius 3 is 2.55 bits per heavy atom. The maximum Gasteiger partial charge on any atom is 0.273 e. The minimum absolute atomic E-state index is 0.141. The molecule has 2 aromatic rings. The first-order valence-corrected chi connectivity index (χ1v) is 7.58. The van der Waals surface area contributed by atoms with Crippen molar-refractivity contribution in [2.45, 2.75) is 6.54 Å². The van der Waals surface area contributed by atoms with Gasteiger partial charge in [-0.05, 0) is 5.10 Å². The Morgan fingerprint density at radius 1 is 1.30 bits per heavy atom. The quantitative estimate of drug-likeness (QED) is 0.588. The Labute approximate surface area is 121 Å². The molecule has 0 spiro atoms. The molecule has 106 valence electrons. The van der Waals surface area contributed by atoms with Crippen LogP contribution in [0.5, 0.6) is 0 Å². The Balaban J connectivity index is 2.08. The van der Waals surface area contributed by atoms with Gasteiger partial charge in [0, 0.05) is 24.0 Å². The molecule has 0 saturated heterocycles. The fourth-order valence-corrected chi connectivity index (χ4v) is 2.07. The standard InChI is InChI=1S/C11H12ClN4O3S/c1-19-20(17,18)5-4-16-3-2-9(6-15-16)11-13-7-10(12)8-14-11/h2-3,6-8H,4-5H2,1H3/q+1. The Morgan fingerprint density at radius 2 is 2.00 bits per heavy atom. The van der Waals surface area contributed by atoms with E-state index in [0.717, 1.165) is 7.11 Å². The highest BCUT2D eigenvalue weighted by Crippen LogP contribution is 2.12. The van der Waals surface area contributed by atoms with Crippen LogP contribution in [-0.2, 0) is 20.8 Å². The highest BCUT2D eigenvalue weighted by atomic mass is 35.5. The van der Waals surface area contributed by atoms with E-state index in [0.29, 0.717) is 16.4 Å². The smallest absolute Gasteiger partial charge is 0.273 e. The summed E-state index contributed by atoms with van der Waals surface area (Å²) in [4.78, 5) is 8.14. The summed E-state index contributed by atoms with van der Waals surface area (Å²) in [5.74, 6) is 0.358. The molecule has 0 N–H and O–H groups in total. The Bertz CT molecular complexity index is 674. The molecule has 20 heavy (non-hydrogen) atoms. The minimum atomic E-state index is -3.48. The molecule has 0 atom stereocenters. The van der Waals surface area contributed by atoms with Crippen molar-refractivity contribution < 1.29 is 17.3 Å². The van der Waals surface area contributed by atoms with Gasteiger partial charge in [-0.2, -0.15) is 8.42 Å². The normalized spacial score (nSPS) is 11.5. The molecule has 0 unspecified atom stereocenters. The third kappa shape index (κ3) is 3.92. The van der Waals surface area contributed by atoms with E-state index >= 15 is 0 Å². The van der Waals surface area contributed by atoms with E-state index in [1.165, 1.54) is 17.1 Å². The lowest BCUT2D eigenvalue weighted by atomic mass is 10.3. The van der Waals surface area contributed by atoms with Crippen LogP contribution >= 0.6 is 11.6 Å². The first kappa shape index (κ1) is 14.8. The van der Waals surface area contributed by atoms with Gasteiger partial charge in [-0.25, -0.2) is 9.97 Å². The number of aryl methyl sites for hydroxylation is 1. The van der Waals surface area contributed by atoms with E-state index in [9.17, 15) is 8.42 Å². The molecule has 0 aromatic carbocycles. The van der Waals surface area contributed by atoms with E-state index < -0.39 is 10.1 Å². The highest BCUT2D eigenvalue weighted by Gasteiger charge is 2.14. The van der Waals surface area contributed by atoms with Crippen LogP contribution in [0.3, 0.4) is 0 Å². The summed E-state index contributed by atoms with van der Waals surface area (Å²) in [6.07, 6.45) is 6.20. The van der Waals surface area contributed by atoms with Crippen molar-refractivity contribution in [1.29, 1.82) is 0 Å². The van der Waals surface area contributed by atoms with Crippen LogP contribution in [0.1, 0.15) is 0 Å². The van der Waals surface area contributed by atoms with Gasteiger partial charge in [-0.3, -0.25) is 4.18 Å². The summed E-state index contributed by atoms with van der Waals surface area (Å²) < 4.78 is 28.3. The molecule has 2 heterocycles. The van der Waals surface area contributed by atoms with E-state index in [-0.39, 0.29) is 12.3 Å². The Hall–Kier alpha value is -1.64. The molecule has 0 fully saturated rings. The van der Waals surface area contributed by atoms with Crippen molar-refractivity contribution in [1.82, 2.24) is 15.1 Å². The molecular formula is C11H12ClN4O3S+. The second-order valence-electron chi connectivity index (χ2n) is 3.83. The summed E-state index contributed by atoms with van der Waals surface area (Å²) >= 11 is 5.71. The van der Waals surface area contributed by atoms with Crippen molar-refractivity contribution in [3.8, 4) is 11.4 Å². The third-order valence-electron chi connectivity index (χ3n) is 2.47. The number of hydrogen-bond acceptors (Lipinski definition) is 6. The third-order valence-corrected chi connectivity index (χ3v) is 3.86. The lowest BCUT2D eigenvalue weighted by Gasteiger charge is -1.99. The van der Waals surface area contributed by atoms with Crippen LogP contribution in [0.25, 0.3) is 11.4 Å². The summed E-state index contributed by atoms with van der Waals surface area (Å²) in [6.45, 7) is 0.206. The molecule has 0 aliphatic carbocycles. The maximum absolute atomic E-state index is 11.2. The first-order valence-electron chi connectivity index (χ1n) is 5.62. The second-order valence-corrected chi connectivity index (χ2v) is 6.13. The van der Waals surface area contributed by atoms with Gasteiger partial charge in [0.25, 0.3) is 10.1 Å². The van der Waals surface area contributed by atoms with Gasteiger partial charge in [0.1, 0.15) is 11.9 Å². The van der Waals surface area contributed by atoms with Crippen molar-refractivity contribution in [3.63, 3.8) is 0 Å². The van der Waals surface area contributed by atoms with Crippen LogP contribution in [0.2, 0.25) is 5.02 Å². The van der Waals surface area contributed by atoms with E-state index in [4.69, 9.17) is 11.6 Å². The summed E-state index contributed by atoms with van der Waals surface area (Å²) in [5, 5.41) is 4.55. The second kappa shape index (κ2) is 6.21. The van der Waals surface area contributed by atoms with Gasteiger partial charge < -0.3 is 0 Å². The number of nitrogens with zero attached hydrogens (tertiary/aromatic N) is 4. The van der Waals surface area contributed by atoms with E-state index in [1.54, 1.807) is 18.5 Å². The van der Waals surface area contributed by atoms with Crippen LogP contribution in [-0.4, -0.2) is 36.3 Å². The average Bonchev–Trinajstić information content (AvgIpc) is 2.47. The summed E-state index contributed by atoms with van der Waals surface area (Å²) in [5.41, 5.74) is 0.715. The van der Waals surface area contributed by atoms with Crippen molar-refractivity contribution >= 4 is 21.7 Å². The molecule has 0 saturated carbocycles. The number of aromatic nitrogens is 4. The topological polar surface area (TPSA) is 85.9 Å². The first-order chi connectivity index (χ1) is 9.50. The Kier molecular flexibility index (Phi) is 4.58. The lowest BCUT2D eigenvalue weighted by Crippen LogP contribution is -2.40. The zero-order valence-electron chi connectivity index (χ0n) is 10.6. The molecule has 0 aliphatic heterocycles. The maximum atomic E-state index is 11.2. The number of rotatable bonds is 5. The van der Waals surface area contributed by atoms with Gasteiger partial charge in [-0.15, -0.1) is 0 Å². The van der Waals surface area contributed by atoms with Gasteiger partial charge in [0.2, 0.25) is 0 Å². The van der Waals surface area contributed by atoms with Crippen molar-refractivity contribution in [3.05, 3.63) is 35.9 Å². The van der Waals surface area contributed by atoms with Crippen LogP contribution in [0.15, 0.2) is 30.9 Å². The fraction of sp³-hybridized carbons (Fsp3) is 0.273. The van der Waals surface area contributed by atoms with Crippen molar-refractivity contribution in [2.24, 2.45) is 0 Å². The van der Waals surface area contributed by atoms with Crippen LogP contribution < -0.4 is 4.68 Å². The minimum Gasteiger partial charge on any atom is -0.273 e. The zero-order valence-corrected chi connectivity index (χ0v) is 12.2. The predicted molar refractivity (Wildman–Crippen MR) is 71.3 cm³/mol. The average molecular weight is 316 g/mol. The zero-order chi connectivity index (χ0) is 14.6. The van der Waals surface area contributed by atoms with Gasteiger partial charge in [-0.1, -0.05) is 16.3 Å². The largest absolute Gasteiger partial charge is 0.273 e. The molecule has 0 amide bonds. The van der Waals surface area contributed by atoms with Gasteiger partial charge >= 0.3 is 0 Å². The van der Waals surface area contributed by atoms with Gasteiger partial charge in [0.05, 0.1) is 12.1 Å². The summed E-state index contributed by atoms with van der Waals surface area (Å²) in [7, 11) is -2.35. The monoisotopic (exact) mass is 315 g/mol. The van der Waals surface area contributed by atoms with E-state index in [2.05, 4.69) is 19.2 Å². The van der Waals surface area contributed by atoms with E-state index in [1.807, 2.05) is 0 Å². The molecule has 0 bridgehead atoms. The predicted octanol–water partition coefficient (Wildman–Crippen LogP) is 0.456. The molecule has 9 heteroatoms. The molecular weight excluding hydrogens is 304 g/mol. The summed E-state index contributed by atoms with van der Waals surface area (Å²) in [6, 6.07) is 1.75.